The number of para-hydroxylation sites is 1. The molecular weight excluding hydrogens is 286 g/mol. The molecule has 0 atom stereocenters. The Hall–Kier alpha value is -1.11. The number of nitrogens with two attached hydrogens (primary N) is 1. The summed E-state index contributed by atoms with van der Waals surface area (Å²) in [6.07, 6.45) is 2.82. The van der Waals surface area contributed by atoms with Crippen LogP contribution >= 0.6 is 0 Å². The number of anilines is 1. The molecule has 0 radical (unpaired) electrons. The number of rotatable bonds is 7. The van der Waals surface area contributed by atoms with E-state index in [4.69, 9.17) is 5.73 Å². The maximum atomic E-state index is 12.4. The van der Waals surface area contributed by atoms with Gasteiger partial charge in [0, 0.05) is 26.2 Å². The van der Waals surface area contributed by atoms with Crippen LogP contribution in [0.3, 0.4) is 0 Å². The smallest absolute Gasteiger partial charge is 0.242 e. The fourth-order valence-corrected chi connectivity index (χ4v) is 4.12. The quantitative estimate of drug-likeness (QED) is 0.801. The monoisotopic (exact) mass is 311 g/mol. The second-order valence-electron chi connectivity index (χ2n) is 5.84. The van der Waals surface area contributed by atoms with Crippen LogP contribution in [0, 0.1) is 5.92 Å². The summed E-state index contributed by atoms with van der Waals surface area (Å²) >= 11 is 0. The van der Waals surface area contributed by atoms with Gasteiger partial charge in [0.15, 0.2) is 0 Å². The molecule has 0 unspecified atom stereocenters. The summed E-state index contributed by atoms with van der Waals surface area (Å²) in [7, 11) is -1.51. The van der Waals surface area contributed by atoms with E-state index in [0.29, 0.717) is 23.4 Å². The Kier molecular flexibility index (Phi) is 5.24. The largest absolute Gasteiger partial charge is 0.373 e. The van der Waals surface area contributed by atoms with Crippen molar-refractivity contribution in [1.29, 1.82) is 0 Å². The van der Waals surface area contributed by atoms with Gasteiger partial charge in [-0.25, -0.2) is 13.1 Å². The average Bonchev–Trinajstić information content (AvgIpc) is 2.43. The summed E-state index contributed by atoms with van der Waals surface area (Å²) in [4.78, 5) is 2.38. The van der Waals surface area contributed by atoms with Crippen LogP contribution in [-0.2, 0) is 10.0 Å². The van der Waals surface area contributed by atoms with Crippen LogP contribution in [0.25, 0.3) is 0 Å². The molecule has 0 aliphatic heterocycles. The van der Waals surface area contributed by atoms with Crippen molar-refractivity contribution in [3.8, 4) is 0 Å². The first-order chi connectivity index (χ1) is 9.94. The molecule has 0 spiro atoms. The summed E-state index contributed by atoms with van der Waals surface area (Å²) in [5, 5.41) is 0. The van der Waals surface area contributed by atoms with Crippen LogP contribution in [0.1, 0.15) is 26.2 Å². The van der Waals surface area contributed by atoms with Crippen molar-refractivity contribution in [2.45, 2.75) is 37.1 Å². The summed E-state index contributed by atoms with van der Waals surface area (Å²) in [5.74, 6) is 0.560. The maximum Gasteiger partial charge on any atom is 0.242 e. The van der Waals surface area contributed by atoms with Crippen LogP contribution in [-0.4, -0.2) is 34.6 Å². The van der Waals surface area contributed by atoms with E-state index in [0.717, 1.165) is 31.5 Å². The minimum Gasteiger partial charge on any atom is -0.373 e. The standard InChI is InChI=1S/C15H25N3O2S/c1-3-8-17-21(19,20)15-7-5-4-6-14(15)18(2)11-12-9-13(16)10-12/h4-7,12-13,17H,3,8-11,16H2,1-2H3. The number of benzene rings is 1. The average molecular weight is 311 g/mol. The molecule has 0 aromatic heterocycles. The first-order valence-corrected chi connectivity index (χ1v) is 8.97. The zero-order chi connectivity index (χ0) is 15.5. The van der Waals surface area contributed by atoms with E-state index in [2.05, 4.69) is 4.72 Å². The Labute approximate surface area is 127 Å². The highest BCUT2D eigenvalue weighted by molar-refractivity contribution is 7.89. The zero-order valence-corrected chi connectivity index (χ0v) is 13.6. The van der Waals surface area contributed by atoms with E-state index in [1.54, 1.807) is 12.1 Å². The number of nitrogens with one attached hydrogen (secondary N) is 1. The summed E-state index contributed by atoms with van der Waals surface area (Å²) < 4.78 is 27.4. The third-order valence-electron chi connectivity index (χ3n) is 3.91. The number of hydrogen-bond donors (Lipinski definition) is 2. The van der Waals surface area contributed by atoms with Crippen molar-refractivity contribution in [3.63, 3.8) is 0 Å². The van der Waals surface area contributed by atoms with Crippen molar-refractivity contribution in [1.82, 2.24) is 4.72 Å². The zero-order valence-electron chi connectivity index (χ0n) is 12.7. The van der Waals surface area contributed by atoms with Gasteiger partial charge in [-0.2, -0.15) is 0 Å². The van der Waals surface area contributed by atoms with Crippen molar-refractivity contribution >= 4 is 15.7 Å². The molecule has 1 aromatic carbocycles. The van der Waals surface area contributed by atoms with Gasteiger partial charge in [-0.15, -0.1) is 0 Å². The molecule has 3 N–H and O–H groups in total. The maximum absolute atomic E-state index is 12.4. The lowest BCUT2D eigenvalue weighted by Crippen LogP contribution is -2.42. The highest BCUT2D eigenvalue weighted by Gasteiger charge is 2.28. The summed E-state index contributed by atoms with van der Waals surface area (Å²) in [6, 6.07) is 7.47. The van der Waals surface area contributed by atoms with Crippen molar-refractivity contribution < 1.29 is 8.42 Å². The minimum absolute atomic E-state index is 0.314. The summed E-state index contributed by atoms with van der Waals surface area (Å²) in [5.41, 5.74) is 6.56. The Bertz CT molecular complexity index is 568. The van der Waals surface area contributed by atoms with Crippen molar-refractivity contribution in [2.24, 2.45) is 11.7 Å². The number of nitrogens with zero attached hydrogens (tertiary/aromatic N) is 1. The van der Waals surface area contributed by atoms with E-state index in [9.17, 15) is 8.42 Å². The Morgan fingerprint density at radius 1 is 1.33 bits per heavy atom. The van der Waals surface area contributed by atoms with E-state index in [-0.39, 0.29) is 0 Å². The van der Waals surface area contributed by atoms with Gasteiger partial charge in [0.1, 0.15) is 4.90 Å². The molecule has 0 saturated heterocycles. The number of sulfonamides is 1. The van der Waals surface area contributed by atoms with Crippen LogP contribution in [0.15, 0.2) is 29.2 Å². The third-order valence-corrected chi connectivity index (χ3v) is 5.42. The topological polar surface area (TPSA) is 75.4 Å². The lowest BCUT2D eigenvalue weighted by molar-refractivity contribution is 0.271. The lowest BCUT2D eigenvalue weighted by Gasteiger charge is -2.36. The van der Waals surface area contributed by atoms with Gasteiger partial charge in [0.2, 0.25) is 10.0 Å². The van der Waals surface area contributed by atoms with Crippen LogP contribution in [0.2, 0.25) is 0 Å². The van der Waals surface area contributed by atoms with Gasteiger partial charge in [-0.1, -0.05) is 19.1 Å². The SMILES string of the molecule is CCCNS(=O)(=O)c1ccccc1N(C)CC1CC(N)C1. The molecule has 0 bridgehead atoms. The van der Waals surface area contributed by atoms with Crippen molar-refractivity contribution in [2.75, 3.05) is 25.0 Å². The second-order valence-corrected chi connectivity index (χ2v) is 7.58. The molecule has 5 nitrogen and oxygen atoms in total. The molecule has 1 saturated carbocycles. The molecule has 1 aliphatic carbocycles. The van der Waals surface area contributed by atoms with E-state index < -0.39 is 10.0 Å². The molecule has 1 aromatic rings. The molecule has 0 amide bonds. The lowest BCUT2D eigenvalue weighted by atomic mass is 9.80. The fourth-order valence-electron chi connectivity index (χ4n) is 2.74. The van der Waals surface area contributed by atoms with Gasteiger partial charge in [0.05, 0.1) is 5.69 Å². The Morgan fingerprint density at radius 3 is 2.62 bits per heavy atom. The first-order valence-electron chi connectivity index (χ1n) is 7.49. The molecule has 0 heterocycles. The predicted molar refractivity (Wildman–Crippen MR) is 85.9 cm³/mol. The second kappa shape index (κ2) is 6.77. The molecule has 118 valence electrons. The number of hydrogen-bond acceptors (Lipinski definition) is 4. The predicted octanol–water partition coefficient (Wildman–Crippen LogP) is 1.55. The van der Waals surface area contributed by atoms with Gasteiger partial charge < -0.3 is 10.6 Å². The van der Waals surface area contributed by atoms with Gasteiger partial charge in [0.25, 0.3) is 0 Å². The van der Waals surface area contributed by atoms with Crippen LogP contribution in [0.4, 0.5) is 5.69 Å². The van der Waals surface area contributed by atoms with Gasteiger partial charge >= 0.3 is 0 Å². The molecule has 6 heteroatoms. The van der Waals surface area contributed by atoms with Crippen LogP contribution < -0.4 is 15.4 Å². The molecular formula is C15H25N3O2S. The van der Waals surface area contributed by atoms with E-state index in [1.807, 2.05) is 31.0 Å². The molecule has 1 fully saturated rings. The Morgan fingerprint density at radius 2 is 2.00 bits per heavy atom. The van der Waals surface area contributed by atoms with Crippen LogP contribution in [0.5, 0.6) is 0 Å². The first kappa shape index (κ1) is 16.3. The minimum atomic E-state index is -3.45. The van der Waals surface area contributed by atoms with Crippen molar-refractivity contribution in [3.05, 3.63) is 24.3 Å². The van der Waals surface area contributed by atoms with Gasteiger partial charge in [-0.3, -0.25) is 0 Å². The highest BCUT2D eigenvalue weighted by atomic mass is 32.2. The summed E-state index contributed by atoms with van der Waals surface area (Å²) in [6.45, 7) is 3.24. The molecule has 1 aliphatic rings. The molecule has 21 heavy (non-hydrogen) atoms. The van der Waals surface area contributed by atoms with Gasteiger partial charge in [-0.05, 0) is 37.3 Å². The normalized spacial score (nSPS) is 21.9. The Balaban J connectivity index is 2.16. The highest BCUT2D eigenvalue weighted by Crippen LogP contribution is 2.30. The third kappa shape index (κ3) is 3.96. The molecule has 2 rings (SSSR count). The fraction of sp³-hybridized carbons (Fsp3) is 0.600. The van der Waals surface area contributed by atoms with E-state index in [1.165, 1.54) is 0 Å². The van der Waals surface area contributed by atoms with E-state index >= 15 is 0 Å².